The quantitative estimate of drug-likeness (QED) is 0.913. The smallest absolute Gasteiger partial charge is 0.209 e. The third-order valence-corrected chi connectivity index (χ3v) is 5.14. The highest BCUT2D eigenvalue weighted by molar-refractivity contribution is 7.89. The molecule has 2 aromatic rings. The number of nitriles is 1. The maximum absolute atomic E-state index is 12.2. The highest BCUT2D eigenvalue weighted by Crippen LogP contribution is 2.26. The van der Waals surface area contributed by atoms with Crippen LogP contribution < -0.4 is 4.72 Å². The lowest BCUT2D eigenvalue weighted by molar-refractivity contribution is 0.570. The molecule has 120 valence electrons. The van der Waals surface area contributed by atoms with Gasteiger partial charge in [-0.3, -0.25) is 0 Å². The third-order valence-electron chi connectivity index (χ3n) is 3.49. The van der Waals surface area contributed by atoms with Gasteiger partial charge in [0.15, 0.2) is 0 Å². The Morgan fingerprint density at radius 1 is 1.13 bits per heavy atom. The number of hydrogen-bond acceptors (Lipinski definition) is 3. The normalized spacial score (nSPS) is 11.4. The molecular weight excluding hydrogens is 308 g/mol. The standard InChI is InChI=1S/C18H20N2O2S/c1-4-14-5-7-15(8-6-14)18-10-9-17(11-16(18)12-19)23(21,22)20-13(2)3/h5-11,13,20H,4H2,1-3H3. The minimum Gasteiger partial charge on any atom is -0.209 e. The summed E-state index contributed by atoms with van der Waals surface area (Å²) >= 11 is 0. The second-order valence-corrected chi connectivity index (χ2v) is 7.36. The second kappa shape index (κ2) is 6.95. The summed E-state index contributed by atoms with van der Waals surface area (Å²) in [4.78, 5) is 0.108. The first-order chi connectivity index (χ1) is 10.9. The van der Waals surface area contributed by atoms with E-state index < -0.39 is 10.0 Å². The lowest BCUT2D eigenvalue weighted by atomic mass is 9.99. The fourth-order valence-electron chi connectivity index (χ4n) is 2.33. The van der Waals surface area contributed by atoms with Gasteiger partial charge in [-0.15, -0.1) is 0 Å². The summed E-state index contributed by atoms with van der Waals surface area (Å²) in [6, 6.07) is 14.5. The lowest BCUT2D eigenvalue weighted by Gasteiger charge is -2.11. The average molecular weight is 328 g/mol. The average Bonchev–Trinajstić information content (AvgIpc) is 2.53. The fourth-order valence-corrected chi connectivity index (χ4v) is 3.61. The van der Waals surface area contributed by atoms with E-state index in [9.17, 15) is 13.7 Å². The molecule has 0 unspecified atom stereocenters. The molecular formula is C18H20N2O2S. The van der Waals surface area contributed by atoms with Crippen molar-refractivity contribution < 1.29 is 8.42 Å². The van der Waals surface area contributed by atoms with Gasteiger partial charge < -0.3 is 0 Å². The number of nitrogens with zero attached hydrogens (tertiary/aromatic N) is 1. The van der Waals surface area contributed by atoms with Gasteiger partial charge in [0, 0.05) is 6.04 Å². The minimum absolute atomic E-state index is 0.108. The van der Waals surface area contributed by atoms with Crippen molar-refractivity contribution in [3.05, 3.63) is 53.6 Å². The zero-order valence-corrected chi connectivity index (χ0v) is 14.3. The summed E-state index contributed by atoms with van der Waals surface area (Å²) < 4.78 is 27.0. The molecule has 0 aliphatic heterocycles. The Kier molecular flexibility index (Phi) is 5.19. The zero-order valence-electron chi connectivity index (χ0n) is 13.5. The summed E-state index contributed by atoms with van der Waals surface area (Å²) in [5.74, 6) is 0. The Morgan fingerprint density at radius 2 is 1.78 bits per heavy atom. The van der Waals surface area contributed by atoms with Crippen molar-refractivity contribution in [3.63, 3.8) is 0 Å². The van der Waals surface area contributed by atoms with E-state index >= 15 is 0 Å². The molecule has 4 nitrogen and oxygen atoms in total. The molecule has 0 saturated heterocycles. The van der Waals surface area contributed by atoms with E-state index in [2.05, 4.69) is 17.7 Å². The molecule has 0 aliphatic carbocycles. The fraction of sp³-hybridized carbons (Fsp3) is 0.278. The molecule has 23 heavy (non-hydrogen) atoms. The molecule has 0 heterocycles. The highest BCUT2D eigenvalue weighted by atomic mass is 32.2. The Morgan fingerprint density at radius 3 is 2.30 bits per heavy atom. The van der Waals surface area contributed by atoms with Gasteiger partial charge in [0.1, 0.15) is 0 Å². The van der Waals surface area contributed by atoms with Crippen molar-refractivity contribution in [1.82, 2.24) is 4.72 Å². The minimum atomic E-state index is -3.60. The number of nitrogens with one attached hydrogen (secondary N) is 1. The van der Waals surface area contributed by atoms with Gasteiger partial charge in [0.25, 0.3) is 0 Å². The van der Waals surface area contributed by atoms with Crippen molar-refractivity contribution in [1.29, 1.82) is 5.26 Å². The van der Waals surface area contributed by atoms with Crippen LogP contribution in [0.25, 0.3) is 11.1 Å². The van der Waals surface area contributed by atoms with Gasteiger partial charge in [-0.25, -0.2) is 13.1 Å². The maximum atomic E-state index is 12.2. The van der Waals surface area contributed by atoms with E-state index in [0.29, 0.717) is 5.56 Å². The van der Waals surface area contributed by atoms with Crippen LogP contribution in [-0.2, 0) is 16.4 Å². The molecule has 0 spiro atoms. The van der Waals surface area contributed by atoms with E-state index in [1.54, 1.807) is 19.9 Å². The first-order valence-electron chi connectivity index (χ1n) is 7.53. The van der Waals surface area contributed by atoms with Gasteiger partial charge in [-0.2, -0.15) is 5.26 Å². The Bertz CT molecular complexity index is 832. The van der Waals surface area contributed by atoms with E-state index in [-0.39, 0.29) is 10.9 Å². The lowest BCUT2D eigenvalue weighted by Crippen LogP contribution is -2.30. The monoisotopic (exact) mass is 328 g/mol. The predicted octanol–water partition coefficient (Wildman–Crippen LogP) is 3.47. The molecule has 0 atom stereocenters. The molecule has 0 amide bonds. The van der Waals surface area contributed by atoms with Crippen molar-refractivity contribution in [2.75, 3.05) is 0 Å². The molecule has 2 rings (SSSR count). The molecule has 0 fully saturated rings. The molecule has 2 aromatic carbocycles. The van der Waals surface area contributed by atoms with Gasteiger partial charge in [-0.05, 0) is 49.1 Å². The summed E-state index contributed by atoms with van der Waals surface area (Å²) in [6.07, 6.45) is 0.948. The molecule has 0 aliphatic rings. The van der Waals surface area contributed by atoms with E-state index in [0.717, 1.165) is 17.5 Å². The summed E-state index contributed by atoms with van der Waals surface area (Å²) in [5.41, 5.74) is 3.20. The zero-order chi connectivity index (χ0) is 17.0. The number of sulfonamides is 1. The Balaban J connectivity index is 2.46. The van der Waals surface area contributed by atoms with Crippen molar-refractivity contribution in [3.8, 4) is 17.2 Å². The molecule has 0 aromatic heterocycles. The Labute approximate surface area is 137 Å². The van der Waals surface area contributed by atoms with Crippen molar-refractivity contribution >= 4 is 10.0 Å². The summed E-state index contributed by atoms with van der Waals surface area (Å²) in [5, 5.41) is 9.39. The second-order valence-electron chi connectivity index (χ2n) is 5.65. The first kappa shape index (κ1) is 17.2. The molecule has 1 N–H and O–H groups in total. The number of hydrogen-bond donors (Lipinski definition) is 1. The van der Waals surface area contributed by atoms with E-state index in [1.165, 1.54) is 17.7 Å². The van der Waals surface area contributed by atoms with Crippen molar-refractivity contribution in [2.24, 2.45) is 0 Å². The third kappa shape index (κ3) is 3.98. The molecule has 0 bridgehead atoms. The van der Waals surface area contributed by atoms with Gasteiger partial charge in [0.2, 0.25) is 10.0 Å². The van der Waals surface area contributed by atoms with E-state index in [1.807, 2.05) is 24.3 Å². The number of aryl methyl sites for hydroxylation is 1. The van der Waals surface area contributed by atoms with Crippen LogP contribution in [0.15, 0.2) is 47.4 Å². The summed E-state index contributed by atoms with van der Waals surface area (Å²) in [7, 11) is -3.60. The summed E-state index contributed by atoms with van der Waals surface area (Å²) in [6.45, 7) is 5.59. The van der Waals surface area contributed by atoms with Crippen molar-refractivity contribution in [2.45, 2.75) is 38.1 Å². The molecule has 0 saturated carbocycles. The highest BCUT2D eigenvalue weighted by Gasteiger charge is 2.17. The van der Waals surface area contributed by atoms with Gasteiger partial charge in [0.05, 0.1) is 16.5 Å². The predicted molar refractivity (Wildman–Crippen MR) is 91.4 cm³/mol. The first-order valence-corrected chi connectivity index (χ1v) is 9.01. The largest absolute Gasteiger partial charge is 0.240 e. The number of benzene rings is 2. The molecule has 0 radical (unpaired) electrons. The SMILES string of the molecule is CCc1ccc(-c2ccc(S(=O)(=O)NC(C)C)cc2C#N)cc1. The van der Waals surface area contributed by atoms with Crippen LogP contribution in [0.2, 0.25) is 0 Å². The van der Waals surface area contributed by atoms with Gasteiger partial charge in [-0.1, -0.05) is 37.3 Å². The van der Waals surface area contributed by atoms with Crippen LogP contribution in [0.5, 0.6) is 0 Å². The van der Waals surface area contributed by atoms with Crippen LogP contribution in [0.3, 0.4) is 0 Å². The topological polar surface area (TPSA) is 70.0 Å². The van der Waals surface area contributed by atoms with Crippen LogP contribution in [-0.4, -0.2) is 14.5 Å². The molecule has 5 heteroatoms. The van der Waals surface area contributed by atoms with Crippen LogP contribution in [0.4, 0.5) is 0 Å². The maximum Gasteiger partial charge on any atom is 0.240 e. The number of rotatable bonds is 5. The van der Waals surface area contributed by atoms with Crippen LogP contribution >= 0.6 is 0 Å². The van der Waals surface area contributed by atoms with Crippen LogP contribution in [0, 0.1) is 11.3 Å². The van der Waals surface area contributed by atoms with E-state index in [4.69, 9.17) is 0 Å². The van der Waals surface area contributed by atoms with Crippen LogP contribution in [0.1, 0.15) is 31.9 Å². The van der Waals surface area contributed by atoms with Gasteiger partial charge >= 0.3 is 0 Å². The Hall–Kier alpha value is -2.16.